The van der Waals surface area contributed by atoms with Crippen LogP contribution in [0.4, 0.5) is 10.9 Å². The average molecular weight is 377 g/mol. The molecule has 0 atom stereocenters. The number of benzene rings is 1. The quantitative estimate of drug-likeness (QED) is 0.547. The van der Waals surface area contributed by atoms with Crippen LogP contribution in [0, 0.1) is 0 Å². The van der Waals surface area contributed by atoms with E-state index in [4.69, 9.17) is 9.97 Å². The standard InChI is InChI=1S/C19H19N7S/c1-24-13-14(10-21-24)16-11-20-12-18(22-16)25-6-8-26(9-7-25)19-23-15-4-2-3-5-17(15)27-19/h2-5,10-13H,6-9H2,1H3. The van der Waals surface area contributed by atoms with Crippen molar-refractivity contribution in [3.05, 3.63) is 49.1 Å². The van der Waals surface area contributed by atoms with E-state index >= 15 is 0 Å². The first-order chi connectivity index (χ1) is 13.3. The van der Waals surface area contributed by atoms with Crippen molar-refractivity contribution in [1.82, 2.24) is 24.7 Å². The van der Waals surface area contributed by atoms with E-state index in [9.17, 15) is 0 Å². The molecule has 3 aromatic heterocycles. The van der Waals surface area contributed by atoms with Crippen LogP contribution in [-0.2, 0) is 7.05 Å². The normalized spacial score (nSPS) is 14.9. The number of hydrogen-bond acceptors (Lipinski definition) is 7. The second kappa shape index (κ2) is 6.62. The second-order valence-corrected chi connectivity index (χ2v) is 7.61. The molecule has 8 heteroatoms. The summed E-state index contributed by atoms with van der Waals surface area (Å²) in [6.45, 7) is 3.67. The smallest absolute Gasteiger partial charge is 0.186 e. The van der Waals surface area contributed by atoms with Gasteiger partial charge in [-0.25, -0.2) is 9.97 Å². The van der Waals surface area contributed by atoms with Crippen molar-refractivity contribution in [2.75, 3.05) is 36.0 Å². The maximum absolute atomic E-state index is 4.79. The Morgan fingerprint density at radius 3 is 2.52 bits per heavy atom. The van der Waals surface area contributed by atoms with Crippen LogP contribution >= 0.6 is 11.3 Å². The van der Waals surface area contributed by atoms with Crippen LogP contribution in [0.25, 0.3) is 21.5 Å². The summed E-state index contributed by atoms with van der Waals surface area (Å²) in [4.78, 5) is 18.6. The number of anilines is 2. The van der Waals surface area contributed by atoms with Crippen molar-refractivity contribution in [3.63, 3.8) is 0 Å². The number of rotatable bonds is 3. The highest BCUT2D eigenvalue weighted by Crippen LogP contribution is 2.29. The SMILES string of the molecule is Cn1cc(-c2cncc(N3CCN(c4nc5ccccc5s4)CC3)n2)cn1. The summed E-state index contributed by atoms with van der Waals surface area (Å²) in [5.74, 6) is 0.917. The highest BCUT2D eigenvalue weighted by atomic mass is 32.1. The monoisotopic (exact) mass is 377 g/mol. The summed E-state index contributed by atoms with van der Waals surface area (Å²) < 4.78 is 3.02. The lowest BCUT2D eigenvalue weighted by molar-refractivity contribution is 0.645. The van der Waals surface area contributed by atoms with E-state index in [2.05, 4.69) is 38.1 Å². The third-order valence-electron chi connectivity index (χ3n) is 4.78. The topological polar surface area (TPSA) is 63.0 Å². The summed E-state index contributed by atoms with van der Waals surface area (Å²) in [5, 5.41) is 5.32. The number of aryl methyl sites for hydroxylation is 1. The Bertz CT molecular complexity index is 1050. The van der Waals surface area contributed by atoms with Gasteiger partial charge in [0.1, 0.15) is 5.82 Å². The molecule has 1 fully saturated rings. The molecule has 1 saturated heterocycles. The Kier molecular flexibility index (Phi) is 3.97. The van der Waals surface area contributed by atoms with E-state index in [-0.39, 0.29) is 0 Å². The first-order valence-electron chi connectivity index (χ1n) is 8.93. The molecule has 0 saturated carbocycles. The van der Waals surface area contributed by atoms with Gasteiger partial charge < -0.3 is 9.80 Å². The van der Waals surface area contributed by atoms with E-state index in [1.54, 1.807) is 22.2 Å². The van der Waals surface area contributed by atoms with Gasteiger partial charge in [0.2, 0.25) is 0 Å². The number of piperazine rings is 1. The molecule has 0 bridgehead atoms. The molecule has 0 unspecified atom stereocenters. The zero-order chi connectivity index (χ0) is 18.2. The molecular formula is C19H19N7S. The number of fused-ring (bicyclic) bond motifs is 1. The maximum atomic E-state index is 4.79. The van der Waals surface area contributed by atoms with E-state index in [1.165, 1.54) is 4.70 Å². The third kappa shape index (κ3) is 3.12. The summed E-state index contributed by atoms with van der Waals surface area (Å²) in [6.07, 6.45) is 7.41. The lowest BCUT2D eigenvalue weighted by Crippen LogP contribution is -2.46. The fraction of sp³-hybridized carbons (Fsp3) is 0.263. The largest absolute Gasteiger partial charge is 0.352 e. The van der Waals surface area contributed by atoms with Gasteiger partial charge in [-0.15, -0.1) is 0 Å². The predicted molar refractivity (Wildman–Crippen MR) is 108 cm³/mol. The molecular weight excluding hydrogens is 358 g/mol. The third-order valence-corrected chi connectivity index (χ3v) is 5.88. The van der Waals surface area contributed by atoms with Crippen LogP contribution in [0.5, 0.6) is 0 Å². The fourth-order valence-corrected chi connectivity index (χ4v) is 4.34. The highest BCUT2D eigenvalue weighted by molar-refractivity contribution is 7.22. The molecule has 0 spiro atoms. The van der Waals surface area contributed by atoms with E-state index in [0.717, 1.165) is 53.9 Å². The Morgan fingerprint density at radius 1 is 0.926 bits per heavy atom. The summed E-state index contributed by atoms with van der Waals surface area (Å²) in [6, 6.07) is 8.31. The first-order valence-corrected chi connectivity index (χ1v) is 9.74. The summed E-state index contributed by atoms with van der Waals surface area (Å²) >= 11 is 1.76. The van der Waals surface area contributed by atoms with E-state index < -0.39 is 0 Å². The lowest BCUT2D eigenvalue weighted by atomic mass is 10.2. The van der Waals surface area contributed by atoms with Crippen molar-refractivity contribution in [3.8, 4) is 11.3 Å². The molecule has 0 amide bonds. The highest BCUT2D eigenvalue weighted by Gasteiger charge is 2.21. The number of thiazole rings is 1. The molecule has 4 heterocycles. The van der Waals surface area contributed by atoms with Gasteiger partial charge >= 0.3 is 0 Å². The van der Waals surface area contributed by atoms with Gasteiger partial charge in [-0.3, -0.25) is 9.67 Å². The van der Waals surface area contributed by atoms with E-state index in [0.29, 0.717) is 0 Å². The van der Waals surface area contributed by atoms with Crippen molar-refractivity contribution < 1.29 is 0 Å². The Hall–Kier alpha value is -3.00. The minimum Gasteiger partial charge on any atom is -0.352 e. The van der Waals surface area contributed by atoms with E-state index in [1.807, 2.05) is 31.7 Å². The molecule has 1 aliphatic rings. The Balaban J connectivity index is 1.31. The fourth-order valence-electron chi connectivity index (χ4n) is 3.32. The molecule has 5 rings (SSSR count). The minimum atomic E-state index is 0.856. The van der Waals surface area contributed by atoms with Crippen LogP contribution in [0.1, 0.15) is 0 Å². The number of para-hydroxylation sites is 1. The minimum absolute atomic E-state index is 0.856. The number of aromatic nitrogens is 5. The molecule has 136 valence electrons. The maximum Gasteiger partial charge on any atom is 0.186 e. The number of hydrogen-bond donors (Lipinski definition) is 0. The molecule has 4 aromatic rings. The lowest BCUT2D eigenvalue weighted by Gasteiger charge is -2.35. The molecule has 0 N–H and O–H groups in total. The first kappa shape index (κ1) is 16.2. The zero-order valence-corrected chi connectivity index (χ0v) is 15.8. The Morgan fingerprint density at radius 2 is 1.74 bits per heavy atom. The van der Waals surface area contributed by atoms with Gasteiger partial charge in [-0.05, 0) is 12.1 Å². The molecule has 7 nitrogen and oxygen atoms in total. The summed E-state index contributed by atoms with van der Waals surface area (Å²) in [7, 11) is 1.90. The van der Waals surface area contributed by atoms with Crippen molar-refractivity contribution in [1.29, 1.82) is 0 Å². The van der Waals surface area contributed by atoms with Crippen molar-refractivity contribution in [2.45, 2.75) is 0 Å². The molecule has 1 aliphatic heterocycles. The van der Waals surface area contributed by atoms with Crippen LogP contribution < -0.4 is 9.80 Å². The van der Waals surface area contributed by atoms with Crippen molar-refractivity contribution in [2.24, 2.45) is 7.05 Å². The van der Waals surface area contributed by atoms with Crippen LogP contribution in [0.3, 0.4) is 0 Å². The molecule has 0 aliphatic carbocycles. The Labute approximate surface area is 160 Å². The van der Waals surface area contributed by atoms with Gasteiger partial charge in [0.05, 0.1) is 34.5 Å². The average Bonchev–Trinajstić information content (AvgIpc) is 3.34. The second-order valence-electron chi connectivity index (χ2n) is 6.60. The van der Waals surface area contributed by atoms with Crippen LogP contribution in [0.2, 0.25) is 0 Å². The van der Waals surface area contributed by atoms with Gasteiger partial charge in [0.25, 0.3) is 0 Å². The van der Waals surface area contributed by atoms with Gasteiger partial charge in [0.15, 0.2) is 5.13 Å². The molecule has 27 heavy (non-hydrogen) atoms. The molecule has 1 aromatic carbocycles. The zero-order valence-electron chi connectivity index (χ0n) is 15.0. The number of nitrogens with zero attached hydrogens (tertiary/aromatic N) is 7. The van der Waals surface area contributed by atoms with Crippen LogP contribution in [-0.4, -0.2) is 50.9 Å². The van der Waals surface area contributed by atoms with Crippen molar-refractivity contribution >= 4 is 32.5 Å². The van der Waals surface area contributed by atoms with Gasteiger partial charge in [0, 0.05) is 45.0 Å². The molecule has 0 radical (unpaired) electrons. The van der Waals surface area contributed by atoms with Crippen LogP contribution in [0.15, 0.2) is 49.1 Å². The van der Waals surface area contributed by atoms with Gasteiger partial charge in [-0.2, -0.15) is 5.10 Å². The van der Waals surface area contributed by atoms with Gasteiger partial charge in [-0.1, -0.05) is 23.5 Å². The summed E-state index contributed by atoms with van der Waals surface area (Å²) in [5.41, 5.74) is 2.92. The predicted octanol–water partition coefficient (Wildman–Crippen LogP) is 2.81.